The third-order valence-corrected chi connectivity index (χ3v) is 12.7. The summed E-state index contributed by atoms with van der Waals surface area (Å²) in [4.78, 5) is 75.2. The lowest BCUT2D eigenvalue weighted by Crippen LogP contribution is -2.30. The SMILES string of the molecule is C=CC(=O)OCCCCCCOc1ccc(CC(=O)C2CCC(C(=O)Oc3ccc(OC(=O)C4CCC(C(=O)Oc5ccc(OCCCCCCOC(=O)C=C)cc5)CC4)cc3/C(C)=N/N)CC2)cc1. The summed E-state index contributed by atoms with van der Waals surface area (Å²) in [5.74, 6) is 4.81. The maximum Gasteiger partial charge on any atom is 0.330 e. The summed E-state index contributed by atoms with van der Waals surface area (Å²) < 4.78 is 38.9. The van der Waals surface area contributed by atoms with Gasteiger partial charge in [-0.3, -0.25) is 19.2 Å². The van der Waals surface area contributed by atoms with Crippen molar-refractivity contribution in [3.63, 3.8) is 0 Å². The zero-order valence-electron chi connectivity index (χ0n) is 40.4. The van der Waals surface area contributed by atoms with Gasteiger partial charge < -0.3 is 39.0 Å². The van der Waals surface area contributed by atoms with E-state index in [1.807, 2.05) is 24.3 Å². The average molecular weight is 965 g/mol. The lowest BCUT2D eigenvalue weighted by molar-refractivity contribution is -0.145. The number of hydrazone groups is 1. The van der Waals surface area contributed by atoms with Crippen LogP contribution in [0.2, 0.25) is 0 Å². The van der Waals surface area contributed by atoms with Gasteiger partial charge in [0.25, 0.3) is 0 Å². The number of Topliss-reactive ketones (excluding diaryl/α,β-unsaturated/α-hetero) is 1. The molecule has 0 bridgehead atoms. The van der Waals surface area contributed by atoms with Crippen LogP contribution in [0.5, 0.6) is 28.7 Å². The van der Waals surface area contributed by atoms with Crippen LogP contribution in [-0.4, -0.2) is 67.8 Å². The second-order valence-electron chi connectivity index (χ2n) is 17.8. The fourth-order valence-electron chi connectivity index (χ4n) is 8.43. The molecule has 2 N–H and O–H groups in total. The molecule has 15 nitrogen and oxygen atoms in total. The molecule has 0 aromatic heterocycles. The molecule has 2 saturated carbocycles. The second-order valence-corrected chi connectivity index (χ2v) is 17.8. The van der Waals surface area contributed by atoms with Crippen LogP contribution in [0.25, 0.3) is 0 Å². The van der Waals surface area contributed by atoms with Crippen LogP contribution >= 0.6 is 0 Å². The zero-order chi connectivity index (χ0) is 50.1. The minimum atomic E-state index is -0.423. The Morgan fingerprint density at radius 2 is 0.929 bits per heavy atom. The zero-order valence-corrected chi connectivity index (χ0v) is 40.4. The average Bonchev–Trinajstić information content (AvgIpc) is 3.38. The van der Waals surface area contributed by atoms with Gasteiger partial charge in [-0.2, -0.15) is 5.10 Å². The van der Waals surface area contributed by atoms with Gasteiger partial charge in [0.15, 0.2) is 0 Å². The molecule has 0 heterocycles. The molecule has 5 rings (SSSR count). The molecule has 15 heteroatoms. The van der Waals surface area contributed by atoms with Crippen molar-refractivity contribution in [3.05, 3.63) is 103 Å². The van der Waals surface area contributed by atoms with Gasteiger partial charge in [0.05, 0.1) is 49.9 Å². The van der Waals surface area contributed by atoms with Crippen LogP contribution in [0.4, 0.5) is 0 Å². The molecule has 0 unspecified atom stereocenters. The fraction of sp³-hybridized carbons (Fsp3) is 0.473. The van der Waals surface area contributed by atoms with Crippen molar-refractivity contribution in [2.45, 2.75) is 116 Å². The summed E-state index contributed by atoms with van der Waals surface area (Å²) in [6, 6.07) is 19.2. The summed E-state index contributed by atoms with van der Waals surface area (Å²) >= 11 is 0. The Labute approximate surface area is 411 Å². The van der Waals surface area contributed by atoms with E-state index in [-0.39, 0.29) is 41.0 Å². The highest BCUT2D eigenvalue weighted by Crippen LogP contribution is 2.35. The van der Waals surface area contributed by atoms with Crippen LogP contribution in [0.1, 0.15) is 121 Å². The van der Waals surface area contributed by atoms with E-state index in [1.54, 1.807) is 49.4 Å². The van der Waals surface area contributed by atoms with Gasteiger partial charge in [-0.1, -0.05) is 25.3 Å². The monoisotopic (exact) mass is 964 g/mol. The van der Waals surface area contributed by atoms with Crippen molar-refractivity contribution >= 4 is 41.3 Å². The molecular weight excluding hydrogens is 897 g/mol. The lowest BCUT2D eigenvalue weighted by Gasteiger charge is -2.27. The number of hydrogen-bond acceptors (Lipinski definition) is 15. The first-order valence-electron chi connectivity index (χ1n) is 24.6. The number of carbonyl (C=O) groups is 6. The quantitative estimate of drug-likeness (QED) is 0.0137. The van der Waals surface area contributed by atoms with E-state index < -0.39 is 29.8 Å². The number of ether oxygens (including phenoxy) is 7. The molecule has 0 saturated heterocycles. The van der Waals surface area contributed by atoms with Crippen LogP contribution in [0, 0.1) is 23.7 Å². The van der Waals surface area contributed by atoms with Crippen LogP contribution in [0.15, 0.2) is 97.1 Å². The second kappa shape index (κ2) is 29.3. The normalized spacial score (nSPS) is 17.8. The number of ketones is 1. The van der Waals surface area contributed by atoms with Crippen molar-refractivity contribution in [2.75, 3.05) is 26.4 Å². The Hall–Kier alpha value is -6.77. The highest BCUT2D eigenvalue weighted by molar-refractivity contribution is 6.02. The summed E-state index contributed by atoms with van der Waals surface area (Å²) in [7, 11) is 0. The first-order valence-corrected chi connectivity index (χ1v) is 24.6. The summed E-state index contributed by atoms with van der Waals surface area (Å²) in [5, 5.41) is 3.81. The Bertz CT molecular complexity index is 2240. The smallest absolute Gasteiger partial charge is 0.330 e. The molecule has 0 radical (unpaired) electrons. The van der Waals surface area contributed by atoms with Crippen molar-refractivity contribution in [1.29, 1.82) is 0 Å². The van der Waals surface area contributed by atoms with Crippen molar-refractivity contribution < 1.29 is 61.9 Å². The first-order chi connectivity index (χ1) is 34.0. The van der Waals surface area contributed by atoms with Crippen LogP contribution in [-0.2, 0) is 44.7 Å². The number of esters is 5. The Morgan fingerprint density at radius 1 is 0.529 bits per heavy atom. The van der Waals surface area contributed by atoms with Crippen molar-refractivity contribution in [3.8, 4) is 28.7 Å². The van der Waals surface area contributed by atoms with E-state index in [4.69, 9.17) is 39.0 Å². The van der Waals surface area contributed by atoms with Gasteiger partial charge in [-0.25, -0.2) is 9.59 Å². The maximum absolute atomic E-state index is 13.4. The third-order valence-electron chi connectivity index (χ3n) is 12.7. The van der Waals surface area contributed by atoms with Crippen molar-refractivity contribution in [1.82, 2.24) is 0 Å². The van der Waals surface area contributed by atoms with E-state index in [0.717, 1.165) is 74.8 Å². The molecule has 2 fully saturated rings. The minimum absolute atomic E-state index is 0.143. The maximum atomic E-state index is 13.4. The number of carbonyl (C=O) groups excluding carboxylic acids is 6. The van der Waals surface area contributed by atoms with E-state index in [2.05, 4.69) is 18.3 Å². The van der Waals surface area contributed by atoms with Crippen molar-refractivity contribution in [2.24, 2.45) is 34.6 Å². The highest BCUT2D eigenvalue weighted by Gasteiger charge is 2.34. The molecule has 2 aliphatic rings. The fourth-order valence-corrected chi connectivity index (χ4v) is 8.43. The lowest BCUT2D eigenvalue weighted by atomic mass is 9.79. The van der Waals surface area contributed by atoms with Gasteiger partial charge in [-0.05, 0) is 170 Å². The van der Waals surface area contributed by atoms with Gasteiger partial charge in [0.1, 0.15) is 34.5 Å². The molecule has 3 aromatic carbocycles. The standard InChI is InChI=1S/C55H68N2O13/c1-4-51(59)66-34-12-8-6-10-32-64-44-24-14-39(15-25-44)36-49(58)40-16-18-43(19-17-40)55(63)70-50-31-30-47(37-48(50)38(3)57-56)69-54(62)42-22-20-41(21-23-42)53(61)68-46-28-26-45(27-29-46)65-33-11-7-9-13-35-67-52(60)5-2/h4-5,14-15,24-31,37,40-43H,1-2,6-13,16-23,32-36,56H2,3H3/b57-38+. The number of hydrogen-bond donors (Lipinski definition) is 1. The van der Waals surface area contributed by atoms with Gasteiger partial charge in [-0.15, -0.1) is 0 Å². The van der Waals surface area contributed by atoms with Gasteiger partial charge in [0.2, 0.25) is 0 Å². The van der Waals surface area contributed by atoms with Crippen LogP contribution in [0.3, 0.4) is 0 Å². The molecule has 0 spiro atoms. The van der Waals surface area contributed by atoms with Crippen LogP contribution < -0.4 is 29.5 Å². The van der Waals surface area contributed by atoms with E-state index in [1.165, 1.54) is 0 Å². The largest absolute Gasteiger partial charge is 0.494 e. The highest BCUT2D eigenvalue weighted by atomic mass is 16.6. The summed E-state index contributed by atoms with van der Waals surface area (Å²) in [5.41, 5.74) is 1.69. The first kappa shape index (κ1) is 54.2. The molecule has 376 valence electrons. The molecule has 0 aliphatic heterocycles. The predicted octanol–water partition coefficient (Wildman–Crippen LogP) is 9.55. The third kappa shape index (κ3) is 18.3. The molecule has 3 aromatic rings. The molecular formula is C55H68N2O13. The number of unbranched alkanes of at least 4 members (excludes halogenated alkanes) is 6. The van der Waals surface area contributed by atoms with E-state index in [9.17, 15) is 28.8 Å². The molecule has 2 aliphatic carbocycles. The van der Waals surface area contributed by atoms with Gasteiger partial charge in [0, 0.05) is 30.1 Å². The van der Waals surface area contributed by atoms with E-state index >= 15 is 0 Å². The van der Waals surface area contributed by atoms with E-state index in [0.29, 0.717) is 107 Å². The Balaban J connectivity index is 0.984. The summed E-state index contributed by atoms with van der Waals surface area (Å²) in [6.07, 6.45) is 13.7. The predicted molar refractivity (Wildman–Crippen MR) is 262 cm³/mol. The van der Waals surface area contributed by atoms with Gasteiger partial charge >= 0.3 is 29.8 Å². The topological polar surface area (TPSA) is 205 Å². The number of nitrogens with zero attached hydrogens (tertiary/aromatic N) is 1. The minimum Gasteiger partial charge on any atom is -0.494 e. The molecule has 70 heavy (non-hydrogen) atoms. The number of rotatable bonds is 28. The summed E-state index contributed by atoms with van der Waals surface area (Å²) in [6.45, 7) is 10.3. The number of benzene rings is 3. The number of nitrogens with two attached hydrogens (primary N) is 1. The Morgan fingerprint density at radius 3 is 1.40 bits per heavy atom. The Kier molecular flexibility index (Phi) is 22.7. The molecule has 0 amide bonds. The molecule has 0 atom stereocenters.